The quantitative estimate of drug-likeness (QED) is 0.429. The zero-order valence-electron chi connectivity index (χ0n) is 14.8. The molecule has 3 aromatic rings. The van der Waals surface area contributed by atoms with Gasteiger partial charge in [-0.2, -0.15) is 5.26 Å². The summed E-state index contributed by atoms with van der Waals surface area (Å²) in [5, 5.41) is 13.0. The summed E-state index contributed by atoms with van der Waals surface area (Å²) in [6.07, 6.45) is 2.10. The van der Waals surface area contributed by atoms with Crippen molar-refractivity contribution in [2.75, 3.05) is 6.54 Å². The van der Waals surface area contributed by atoms with Crippen LogP contribution in [-0.4, -0.2) is 12.5 Å². The Balaban J connectivity index is 1.68. The standard InChI is InChI=1S/C22H16Cl2N2O2/c23-18-10-16(11-19(24)13-18)21-7-6-20(28-21)12-17(14-25)22(27)26-9-8-15-4-2-1-3-5-15/h1-7,10-13H,8-9H2,(H,26,27)/b17-12-. The van der Waals surface area contributed by atoms with Crippen molar-refractivity contribution in [2.45, 2.75) is 6.42 Å². The van der Waals surface area contributed by atoms with Crippen LogP contribution in [0, 0.1) is 11.3 Å². The fourth-order valence-electron chi connectivity index (χ4n) is 2.63. The number of nitrogens with zero attached hydrogens (tertiary/aromatic N) is 1. The molecule has 0 spiro atoms. The van der Waals surface area contributed by atoms with Crippen LogP contribution in [0.2, 0.25) is 10.0 Å². The third-order valence-electron chi connectivity index (χ3n) is 3.97. The number of hydrogen-bond acceptors (Lipinski definition) is 3. The number of carbonyl (C=O) groups excluding carboxylic acids is 1. The smallest absolute Gasteiger partial charge is 0.262 e. The molecule has 0 saturated carbocycles. The van der Waals surface area contributed by atoms with E-state index in [1.807, 2.05) is 36.4 Å². The first-order valence-electron chi connectivity index (χ1n) is 8.55. The molecule has 0 bridgehead atoms. The molecule has 140 valence electrons. The van der Waals surface area contributed by atoms with Gasteiger partial charge in [0, 0.05) is 28.2 Å². The van der Waals surface area contributed by atoms with E-state index in [2.05, 4.69) is 5.32 Å². The molecule has 6 heteroatoms. The highest BCUT2D eigenvalue weighted by molar-refractivity contribution is 6.35. The average Bonchev–Trinajstić information content (AvgIpc) is 3.15. The molecule has 0 aliphatic heterocycles. The van der Waals surface area contributed by atoms with Gasteiger partial charge in [0.1, 0.15) is 23.2 Å². The van der Waals surface area contributed by atoms with E-state index >= 15 is 0 Å². The molecule has 1 N–H and O–H groups in total. The van der Waals surface area contributed by atoms with Gasteiger partial charge < -0.3 is 9.73 Å². The molecule has 1 amide bonds. The maximum atomic E-state index is 12.3. The molecule has 2 aromatic carbocycles. The van der Waals surface area contributed by atoms with Crippen LogP contribution in [0.4, 0.5) is 0 Å². The summed E-state index contributed by atoms with van der Waals surface area (Å²) in [6, 6.07) is 20.2. The normalized spacial score (nSPS) is 11.1. The number of carbonyl (C=O) groups is 1. The Hall–Kier alpha value is -3.00. The second-order valence-corrected chi connectivity index (χ2v) is 6.89. The number of rotatable bonds is 6. The average molecular weight is 411 g/mol. The van der Waals surface area contributed by atoms with Gasteiger partial charge in [-0.3, -0.25) is 4.79 Å². The molecule has 1 heterocycles. The molecule has 3 rings (SSSR count). The molecule has 0 aliphatic rings. The Morgan fingerprint density at radius 1 is 1.07 bits per heavy atom. The van der Waals surface area contributed by atoms with Crippen molar-refractivity contribution >= 4 is 35.2 Å². The Labute approximate surface area is 173 Å². The van der Waals surface area contributed by atoms with Crippen molar-refractivity contribution in [1.29, 1.82) is 5.26 Å². The molecule has 0 fully saturated rings. The fraction of sp³-hybridized carbons (Fsp3) is 0.0909. The van der Waals surface area contributed by atoms with Gasteiger partial charge in [0.25, 0.3) is 5.91 Å². The van der Waals surface area contributed by atoms with Crippen molar-refractivity contribution in [3.05, 3.63) is 87.6 Å². The van der Waals surface area contributed by atoms with Gasteiger partial charge in [-0.05, 0) is 42.3 Å². The third-order valence-corrected chi connectivity index (χ3v) is 4.40. The van der Waals surface area contributed by atoms with E-state index < -0.39 is 5.91 Å². The number of amides is 1. The van der Waals surface area contributed by atoms with E-state index in [0.717, 1.165) is 5.56 Å². The zero-order chi connectivity index (χ0) is 19.9. The molecule has 0 atom stereocenters. The SMILES string of the molecule is N#C/C(=C/c1ccc(-c2cc(Cl)cc(Cl)c2)o1)C(=O)NCCc1ccccc1. The van der Waals surface area contributed by atoms with Crippen molar-refractivity contribution in [3.8, 4) is 17.4 Å². The molecular formula is C22H16Cl2N2O2. The lowest BCUT2D eigenvalue weighted by atomic mass is 10.1. The lowest BCUT2D eigenvalue weighted by Crippen LogP contribution is -2.26. The highest BCUT2D eigenvalue weighted by Crippen LogP contribution is 2.29. The van der Waals surface area contributed by atoms with E-state index in [4.69, 9.17) is 27.6 Å². The third kappa shape index (κ3) is 5.26. The van der Waals surface area contributed by atoms with Crippen LogP contribution in [0.25, 0.3) is 17.4 Å². The number of nitriles is 1. The maximum absolute atomic E-state index is 12.3. The second-order valence-electron chi connectivity index (χ2n) is 6.02. The first kappa shape index (κ1) is 19.8. The monoisotopic (exact) mass is 410 g/mol. The lowest BCUT2D eigenvalue weighted by Gasteiger charge is -2.04. The fourth-order valence-corrected chi connectivity index (χ4v) is 3.16. The second kappa shape index (κ2) is 9.27. The predicted molar refractivity (Wildman–Crippen MR) is 111 cm³/mol. The summed E-state index contributed by atoms with van der Waals surface area (Å²) in [5.74, 6) is 0.487. The van der Waals surface area contributed by atoms with Crippen LogP contribution in [0.5, 0.6) is 0 Å². The number of benzene rings is 2. The van der Waals surface area contributed by atoms with Gasteiger partial charge in [-0.1, -0.05) is 53.5 Å². The van der Waals surface area contributed by atoms with Gasteiger partial charge in [0.05, 0.1) is 0 Å². The van der Waals surface area contributed by atoms with Crippen LogP contribution >= 0.6 is 23.2 Å². The van der Waals surface area contributed by atoms with Crippen molar-refractivity contribution < 1.29 is 9.21 Å². The highest BCUT2D eigenvalue weighted by Gasteiger charge is 2.11. The van der Waals surface area contributed by atoms with Gasteiger partial charge in [0.2, 0.25) is 0 Å². The first-order chi connectivity index (χ1) is 13.5. The maximum Gasteiger partial charge on any atom is 0.262 e. The summed E-state index contributed by atoms with van der Waals surface area (Å²) >= 11 is 12.0. The van der Waals surface area contributed by atoms with E-state index in [-0.39, 0.29) is 5.57 Å². The van der Waals surface area contributed by atoms with Crippen molar-refractivity contribution in [3.63, 3.8) is 0 Å². The largest absolute Gasteiger partial charge is 0.457 e. The minimum atomic E-state index is -0.442. The first-order valence-corrected chi connectivity index (χ1v) is 9.31. The topological polar surface area (TPSA) is 66.0 Å². The minimum absolute atomic E-state index is 0.0295. The molecule has 28 heavy (non-hydrogen) atoms. The molecule has 0 aliphatic carbocycles. The van der Waals surface area contributed by atoms with Crippen molar-refractivity contribution in [2.24, 2.45) is 0 Å². The van der Waals surface area contributed by atoms with Gasteiger partial charge in [0.15, 0.2) is 0 Å². The predicted octanol–water partition coefficient (Wildman–Crippen LogP) is 5.52. The minimum Gasteiger partial charge on any atom is -0.457 e. The van der Waals surface area contributed by atoms with Crippen LogP contribution in [0.3, 0.4) is 0 Å². The van der Waals surface area contributed by atoms with Gasteiger partial charge in [-0.15, -0.1) is 0 Å². The summed E-state index contributed by atoms with van der Waals surface area (Å²) < 4.78 is 5.71. The molecule has 4 nitrogen and oxygen atoms in total. The Bertz CT molecular complexity index is 1030. The summed E-state index contributed by atoms with van der Waals surface area (Å²) in [4.78, 5) is 12.3. The zero-order valence-corrected chi connectivity index (χ0v) is 16.3. The van der Waals surface area contributed by atoms with E-state index in [1.54, 1.807) is 30.3 Å². The van der Waals surface area contributed by atoms with Crippen LogP contribution in [0.1, 0.15) is 11.3 Å². The van der Waals surface area contributed by atoms with E-state index in [0.29, 0.717) is 40.1 Å². The Morgan fingerprint density at radius 2 is 1.79 bits per heavy atom. The lowest BCUT2D eigenvalue weighted by molar-refractivity contribution is -0.117. The number of halogens is 2. The summed E-state index contributed by atoms with van der Waals surface area (Å²) in [7, 11) is 0. The van der Waals surface area contributed by atoms with E-state index in [1.165, 1.54) is 6.08 Å². The van der Waals surface area contributed by atoms with Gasteiger partial charge in [-0.25, -0.2) is 0 Å². The number of furan rings is 1. The Kier molecular flexibility index (Phi) is 6.54. The summed E-state index contributed by atoms with van der Waals surface area (Å²) in [6.45, 7) is 0.437. The molecule has 0 saturated heterocycles. The molecule has 0 radical (unpaired) electrons. The molecule has 0 unspecified atom stereocenters. The number of hydrogen-bond donors (Lipinski definition) is 1. The van der Waals surface area contributed by atoms with E-state index in [9.17, 15) is 10.1 Å². The highest BCUT2D eigenvalue weighted by atomic mass is 35.5. The molecular weight excluding hydrogens is 395 g/mol. The van der Waals surface area contributed by atoms with Gasteiger partial charge >= 0.3 is 0 Å². The summed E-state index contributed by atoms with van der Waals surface area (Å²) in [5.41, 5.74) is 1.79. The number of nitrogens with one attached hydrogen (secondary N) is 1. The van der Waals surface area contributed by atoms with Crippen LogP contribution in [-0.2, 0) is 11.2 Å². The van der Waals surface area contributed by atoms with Crippen LogP contribution in [0.15, 0.2) is 70.7 Å². The molecule has 1 aromatic heterocycles. The van der Waals surface area contributed by atoms with Crippen LogP contribution < -0.4 is 5.32 Å². The van der Waals surface area contributed by atoms with Crippen molar-refractivity contribution in [1.82, 2.24) is 5.32 Å². The Morgan fingerprint density at radius 3 is 2.46 bits per heavy atom.